The molecule has 2 unspecified atom stereocenters. The number of hydrogen-bond donors (Lipinski definition) is 4. The quantitative estimate of drug-likeness (QED) is 0.105. The summed E-state index contributed by atoms with van der Waals surface area (Å²) in [5.41, 5.74) is 3.92. The number of nitrogens with one attached hydrogen (secondary N) is 1. The van der Waals surface area contributed by atoms with Gasteiger partial charge in [0, 0.05) is 34.9 Å². The molecule has 10 heteroatoms. The number of carbonyl (C=O) groups excluding carboxylic acids is 1. The van der Waals surface area contributed by atoms with Crippen molar-refractivity contribution in [1.82, 2.24) is 10.0 Å². The highest BCUT2D eigenvalue weighted by Gasteiger charge is 2.28. The number of aromatic nitrogens is 2. The zero-order valence-electron chi connectivity index (χ0n) is 16.3. The molecule has 0 bridgehead atoms. The van der Waals surface area contributed by atoms with Gasteiger partial charge >= 0.3 is 0 Å². The number of aryl methyl sites for hydroxylation is 1. The third kappa shape index (κ3) is 6.63. The lowest BCUT2D eigenvalue weighted by atomic mass is 9.86. The number of imidazole rings is 1. The Bertz CT molecular complexity index is 824. The number of hydrogen-bond acceptors (Lipinski definition) is 5. The van der Waals surface area contributed by atoms with Crippen LogP contribution in [0.2, 0.25) is 0 Å². The van der Waals surface area contributed by atoms with Gasteiger partial charge in [0.25, 0.3) is 0 Å². The maximum atomic E-state index is 11.9. The van der Waals surface area contributed by atoms with E-state index in [0.717, 1.165) is 15.7 Å². The second kappa shape index (κ2) is 12.1. The van der Waals surface area contributed by atoms with Crippen molar-refractivity contribution in [3.8, 4) is 0 Å². The van der Waals surface area contributed by atoms with Crippen molar-refractivity contribution in [2.24, 2.45) is 24.0 Å². The Balaban J connectivity index is 0.00000420. The van der Waals surface area contributed by atoms with Gasteiger partial charge in [-0.1, -0.05) is 40.1 Å². The van der Waals surface area contributed by atoms with Gasteiger partial charge < -0.3 is 27.3 Å². The van der Waals surface area contributed by atoms with Gasteiger partial charge in [-0.3, -0.25) is 10.0 Å². The third-order valence-corrected chi connectivity index (χ3v) is 5.41. The van der Waals surface area contributed by atoms with Crippen LogP contribution < -0.4 is 27.0 Å². The van der Waals surface area contributed by atoms with E-state index >= 15 is 0 Å². The van der Waals surface area contributed by atoms with Crippen molar-refractivity contribution < 1.29 is 41.9 Å². The molecule has 8 nitrogen and oxygen atoms in total. The summed E-state index contributed by atoms with van der Waals surface area (Å²) in [6, 6.07) is 7.49. The van der Waals surface area contributed by atoms with Gasteiger partial charge in [0.15, 0.2) is 0 Å². The molecule has 0 saturated carbocycles. The van der Waals surface area contributed by atoms with Crippen LogP contribution in [0.25, 0.3) is 0 Å². The predicted octanol–water partition coefficient (Wildman–Crippen LogP) is -1.36. The fourth-order valence-corrected chi connectivity index (χ4v) is 3.57. The molecule has 160 valence electrons. The first-order valence-electron chi connectivity index (χ1n) is 8.99. The van der Waals surface area contributed by atoms with Crippen LogP contribution in [0.4, 0.5) is 0 Å². The van der Waals surface area contributed by atoms with Gasteiger partial charge in [-0.05, 0) is 18.6 Å². The van der Waals surface area contributed by atoms with Crippen molar-refractivity contribution in [2.45, 2.75) is 26.3 Å². The molecule has 1 amide bonds. The summed E-state index contributed by atoms with van der Waals surface area (Å²) in [6.07, 6.45) is 4.74. The smallest absolute Gasteiger partial charge is 0.246 e. The average Bonchev–Trinajstić information content (AvgIpc) is 3.05. The van der Waals surface area contributed by atoms with Crippen molar-refractivity contribution in [1.29, 1.82) is 0 Å². The first-order chi connectivity index (χ1) is 13.4. The van der Waals surface area contributed by atoms with Crippen molar-refractivity contribution in [2.75, 3.05) is 6.61 Å². The summed E-state index contributed by atoms with van der Waals surface area (Å²) in [4.78, 5) is 11.9. The SMILES string of the molecule is CCC(C(=O)NO)C(CO)Cc1c[n+](C/C(=N\O)c2ccc(Br)cc2)cn1C.[Br-]. The highest BCUT2D eigenvalue weighted by atomic mass is 79.9. The zero-order valence-corrected chi connectivity index (χ0v) is 19.5. The normalized spacial score (nSPS) is 13.5. The average molecular weight is 534 g/mol. The molecule has 0 radical (unpaired) electrons. The Hall–Kier alpha value is -1.75. The maximum Gasteiger partial charge on any atom is 0.246 e. The first kappa shape index (κ1) is 25.3. The number of hydroxylamine groups is 1. The predicted molar refractivity (Wildman–Crippen MR) is 106 cm³/mol. The fraction of sp³-hybridized carbons (Fsp3) is 0.421. The summed E-state index contributed by atoms with van der Waals surface area (Å²) in [6.45, 7) is 2.04. The van der Waals surface area contributed by atoms with Crippen LogP contribution in [0.5, 0.6) is 0 Å². The lowest BCUT2D eigenvalue weighted by Gasteiger charge is -2.21. The van der Waals surface area contributed by atoms with E-state index in [4.69, 9.17) is 5.21 Å². The number of amides is 1. The Labute approximate surface area is 188 Å². The zero-order chi connectivity index (χ0) is 20.7. The summed E-state index contributed by atoms with van der Waals surface area (Å²) >= 11 is 3.38. The topological polar surface area (TPSA) is 111 Å². The second-order valence-electron chi connectivity index (χ2n) is 6.71. The summed E-state index contributed by atoms with van der Waals surface area (Å²) in [7, 11) is 1.88. The molecule has 1 aromatic heterocycles. The monoisotopic (exact) mass is 532 g/mol. The molecule has 2 aromatic rings. The Morgan fingerprint density at radius 2 is 2.00 bits per heavy atom. The Morgan fingerprint density at radius 1 is 1.34 bits per heavy atom. The highest BCUT2D eigenvalue weighted by Crippen LogP contribution is 2.20. The van der Waals surface area contributed by atoms with Crippen molar-refractivity contribution in [3.63, 3.8) is 0 Å². The standard InChI is InChI=1S/C19H25BrN4O4.BrH/c1-3-17(19(26)22-28)14(11-25)8-16-9-24(12-23(16)2)10-18(21-27)13-4-6-15(20)7-5-13;/h4-7,9,12,14,17,25H,3,8,10-11H2,1-2H3,(H2-,22,26,27,28);1H/b21-18+;. The van der Waals surface area contributed by atoms with Gasteiger partial charge in [-0.2, -0.15) is 0 Å². The van der Waals surface area contributed by atoms with Crippen LogP contribution in [0.1, 0.15) is 24.6 Å². The summed E-state index contributed by atoms with van der Waals surface area (Å²) in [5.74, 6) is -1.30. The minimum Gasteiger partial charge on any atom is -1.00 e. The molecular weight excluding hydrogens is 508 g/mol. The first-order valence-corrected chi connectivity index (χ1v) is 9.78. The molecule has 0 aliphatic carbocycles. The van der Waals surface area contributed by atoms with Crippen molar-refractivity contribution >= 4 is 27.5 Å². The molecule has 2 atom stereocenters. The lowest BCUT2D eigenvalue weighted by Crippen LogP contribution is -3.00. The number of carbonyl (C=O) groups is 1. The van der Waals surface area contributed by atoms with E-state index in [-0.39, 0.29) is 29.5 Å². The minimum atomic E-state index is -0.492. The molecule has 0 saturated heterocycles. The van der Waals surface area contributed by atoms with E-state index in [1.807, 2.05) is 59.9 Å². The van der Waals surface area contributed by atoms with Crippen molar-refractivity contribution in [3.05, 3.63) is 52.5 Å². The van der Waals surface area contributed by atoms with Gasteiger partial charge in [0.2, 0.25) is 12.2 Å². The van der Waals surface area contributed by atoms with Crippen LogP contribution in [-0.4, -0.2) is 38.3 Å². The molecule has 4 N–H and O–H groups in total. The van der Waals surface area contributed by atoms with Crippen LogP contribution >= 0.6 is 15.9 Å². The van der Waals surface area contributed by atoms with Gasteiger partial charge in [-0.15, -0.1) is 0 Å². The molecule has 0 aliphatic rings. The van der Waals surface area contributed by atoms with Crippen LogP contribution in [0.3, 0.4) is 0 Å². The van der Waals surface area contributed by atoms with Gasteiger partial charge in [0.1, 0.15) is 24.1 Å². The number of benzene rings is 1. The van der Waals surface area contributed by atoms with Crippen LogP contribution in [0.15, 0.2) is 46.4 Å². The van der Waals surface area contributed by atoms with E-state index in [2.05, 4.69) is 21.1 Å². The number of nitrogens with zero attached hydrogens (tertiary/aromatic N) is 3. The Morgan fingerprint density at radius 3 is 2.52 bits per heavy atom. The molecule has 2 rings (SSSR count). The molecule has 29 heavy (non-hydrogen) atoms. The summed E-state index contributed by atoms with van der Waals surface area (Å²) < 4.78 is 4.73. The largest absolute Gasteiger partial charge is 1.00 e. The maximum absolute atomic E-state index is 11.9. The minimum absolute atomic E-state index is 0. The molecule has 0 spiro atoms. The van der Waals surface area contributed by atoms with E-state index in [1.54, 1.807) is 5.48 Å². The van der Waals surface area contributed by atoms with Gasteiger partial charge in [0.05, 0.1) is 7.05 Å². The van der Waals surface area contributed by atoms with E-state index in [1.165, 1.54) is 0 Å². The molecular formula is C19H26Br2N4O4. The number of oxime groups is 1. The van der Waals surface area contributed by atoms with E-state index < -0.39 is 11.8 Å². The van der Waals surface area contributed by atoms with Gasteiger partial charge in [-0.25, -0.2) is 14.6 Å². The molecule has 0 aliphatic heterocycles. The van der Waals surface area contributed by atoms with E-state index in [0.29, 0.717) is 25.1 Å². The summed E-state index contributed by atoms with van der Waals surface area (Å²) in [5, 5.41) is 31.5. The number of aliphatic hydroxyl groups excluding tert-OH is 1. The van der Waals surface area contributed by atoms with E-state index in [9.17, 15) is 15.1 Å². The lowest BCUT2D eigenvalue weighted by molar-refractivity contribution is -0.681. The molecule has 1 heterocycles. The Kier molecular flexibility index (Phi) is 10.5. The highest BCUT2D eigenvalue weighted by molar-refractivity contribution is 9.10. The number of halogens is 2. The second-order valence-corrected chi connectivity index (χ2v) is 7.63. The molecule has 1 aromatic carbocycles. The third-order valence-electron chi connectivity index (χ3n) is 4.88. The van der Waals surface area contributed by atoms with Crippen LogP contribution in [0, 0.1) is 11.8 Å². The molecule has 0 fully saturated rings. The number of rotatable bonds is 9. The fourth-order valence-electron chi connectivity index (χ4n) is 3.31. The number of aliphatic hydroxyl groups is 1. The van der Waals surface area contributed by atoms with Crippen LogP contribution in [-0.2, 0) is 24.8 Å².